The molecule has 3 aromatic rings. The van der Waals surface area contributed by atoms with Crippen molar-refractivity contribution in [2.24, 2.45) is 13.0 Å². The summed E-state index contributed by atoms with van der Waals surface area (Å²) in [4.78, 5) is 18.5. The summed E-state index contributed by atoms with van der Waals surface area (Å²) in [5, 5.41) is 9.27. The fourth-order valence-electron chi connectivity index (χ4n) is 5.22. The van der Waals surface area contributed by atoms with Gasteiger partial charge in [0.05, 0.1) is 5.56 Å². The van der Waals surface area contributed by atoms with E-state index < -0.39 is 11.7 Å². The first-order chi connectivity index (χ1) is 16.8. The van der Waals surface area contributed by atoms with Crippen molar-refractivity contribution >= 4 is 17.4 Å². The van der Waals surface area contributed by atoms with Gasteiger partial charge in [-0.2, -0.15) is 13.2 Å². The molecule has 2 saturated heterocycles. The van der Waals surface area contributed by atoms with Crippen LogP contribution in [-0.4, -0.2) is 62.6 Å². The van der Waals surface area contributed by atoms with Crippen LogP contribution in [0.5, 0.6) is 0 Å². The van der Waals surface area contributed by atoms with Crippen LogP contribution in [-0.2, 0) is 13.2 Å². The van der Waals surface area contributed by atoms with E-state index in [0.29, 0.717) is 24.0 Å². The summed E-state index contributed by atoms with van der Waals surface area (Å²) in [6, 6.07) is 9.35. The van der Waals surface area contributed by atoms with Gasteiger partial charge in [0.2, 0.25) is 5.56 Å². The number of aromatic nitrogens is 4. The average Bonchev–Trinajstić information content (AvgIpc) is 3.50. The number of nitrogens with one attached hydrogen (secondary N) is 1. The molecule has 2 aromatic heterocycles. The number of hydrogen-bond acceptors (Lipinski definition) is 6. The van der Waals surface area contributed by atoms with Gasteiger partial charge in [-0.05, 0) is 43.5 Å². The molecular formula is C24H27F3N6OS. The fraction of sp³-hybridized carbons (Fsp3) is 0.458. The number of nitrogens with zero attached hydrogens (tertiary/aromatic N) is 5. The number of fused-ring (bicyclic) bond motifs is 1. The third kappa shape index (κ3) is 4.97. The van der Waals surface area contributed by atoms with Gasteiger partial charge in [-0.25, -0.2) is 0 Å². The number of H-pyrrole nitrogens is 1. The van der Waals surface area contributed by atoms with E-state index in [4.69, 9.17) is 0 Å². The zero-order chi connectivity index (χ0) is 24.6. The second-order valence-electron chi connectivity index (χ2n) is 9.09. The summed E-state index contributed by atoms with van der Waals surface area (Å²) in [6.45, 7) is 3.29. The second kappa shape index (κ2) is 9.69. The Hall–Kier alpha value is -2.79. The largest absolute Gasteiger partial charge is 0.418 e. The van der Waals surface area contributed by atoms with Crippen LogP contribution in [0.3, 0.4) is 0 Å². The minimum Gasteiger partial charge on any atom is -0.366 e. The fourth-order valence-corrected chi connectivity index (χ4v) is 6.06. The second-order valence-corrected chi connectivity index (χ2v) is 10.2. The molecule has 0 saturated carbocycles. The molecule has 0 amide bonds. The zero-order valence-electron chi connectivity index (χ0n) is 19.3. The zero-order valence-corrected chi connectivity index (χ0v) is 20.1. The number of pyridine rings is 1. The molecule has 4 heterocycles. The quantitative estimate of drug-likeness (QED) is 0.389. The molecule has 5 rings (SSSR count). The predicted molar refractivity (Wildman–Crippen MR) is 130 cm³/mol. The highest BCUT2D eigenvalue weighted by Crippen LogP contribution is 2.41. The van der Waals surface area contributed by atoms with Crippen LogP contribution in [0.15, 0.2) is 52.5 Å². The van der Waals surface area contributed by atoms with Crippen molar-refractivity contribution in [3.8, 4) is 11.4 Å². The Morgan fingerprint density at radius 3 is 2.80 bits per heavy atom. The highest BCUT2D eigenvalue weighted by atomic mass is 32.2. The number of para-hydroxylation sites is 1. The number of halogens is 3. The third-order valence-corrected chi connectivity index (χ3v) is 7.97. The van der Waals surface area contributed by atoms with E-state index in [0.717, 1.165) is 48.9 Å². The molecule has 186 valence electrons. The van der Waals surface area contributed by atoms with Crippen LogP contribution in [0.1, 0.15) is 18.4 Å². The van der Waals surface area contributed by atoms with Crippen molar-refractivity contribution in [2.45, 2.75) is 30.2 Å². The Bertz CT molecular complexity index is 1240. The lowest BCUT2D eigenvalue weighted by Crippen LogP contribution is -2.36. The molecule has 0 bridgehead atoms. The van der Waals surface area contributed by atoms with Gasteiger partial charge >= 0.3 is 6.18 Å². The standard InChI is InChI=1S/C24H27F3N6OS/c1-31-22(16-7-9-28-21(34)13-16)29-30-23(31)35-12-4-10-32-14-17-8-11-33(20(17)15-32)19-6-3-2-5-18(19)24(25,26)27/h2-3,5-7,9,13,17,20H,4,8,10-12,14-15H2,1H3,(H,28,34). The normalized spacial score (nSPS) is 20.5. The molecule has 1 aromatic carbocycles. The Labute approximate surface area is 205 Å². The number of alkyl halides is 3. The topological polar surface area (TPSA) is 70.0 Å². The minimum absolute atomic E-state index is 0.126. The van der Waals surface area contributed by atoms with Gasteiger partial charge < -0.3 is 19.4 Å². The smallest absolute Gasteiger partial charge is 0.366 e. The number of rotatable bonds is 7. The van der Waals surface area contributed by atoms with E-state index in [1.807, 2.05) is 16.5 Å². The molecule has 2 fully saturated rings. The van der Waals surface area contributed by atoms with E-state index in [-0.39, 0.29) is 11.6 Å². The monoisotopic (exact) mass is 504 g/mol. The molecule has 1 N–H and O–H groups in total. The van der Waals surface area contributed by atoms with E-state index in [2.05, 4.69) is 20.1 Å². The number of likely N-dealkylation sites (tertiary alicyclic amines) is 1. The van der Waals surface area contributed by atoms with Crippen molar-refractivity contribution in [1.29, 1.82) is 0 Å². The Balaban J connectivity index is 1.15. The summed E-state index contributed by atoms with van der Waals surface area (Å²) < 4.78 is 42.5. The lowest BCUT2D eigenvalue weighted by molar-refractivity contribution is -0.137. The molecule has 0 spiro atoms. The van der Waals surface area contributed by atoms with Gasteiger partial charge in [-0.1, -0.05) is 23.9 Å². The maximum absolute atomic E-state index is 13.5. The van der Waals surface area contributed by atoms with Crippen LogP contribution >= 0.6 is 11.8 Å². The molecule has 2 unspecified atom stereocenters. The lowest BCUT2D eigenvalue weighted by atomic mass is 10.0. The van der Waals surface area contributed by atoms with Crippen molar-refractivity contribution < 1.29 is 13.2 Å². The maximum atomic E-state index is 13.5. The first-order valence-corrected chi connectivity index (χ1v) is 12.7. The van der Waals surface area contributed by atoms with Gasteiger partial charge in [0.25, 0.3) is 0 Å². The number of hydrogen-bond donors (Lipinski definition) is 1. The molecule has 7 nitrogen and oxygen atoms in total. The Morgan fingerprint density at radius 2 is 2.00 bits per heavy atom. The Kier molecular flexibility index (Phi) is 6.63. The van der Waals surface area contributed by atoms with E-state index >= 15 is 0 Å². The van der Waals surface area contributed by atoms with Crippen molar-refractivity contribution in [3.63, 3.8) is 0 Å². The molecule has 2 atom stereocenters. The van der Waals surface area contributed by atoms with Crippen LogP contribution in [0.2, 0.25) is 0 Å². The van der Waals surface area contributed by atoms with E-state index in [9.17, 15) is 18.0 Å². The minimum atomic E-state index is -4.35. The summed E-state index contributed by atoms with van der Waals surface area (Å²) in [6.07, 6.45) is -0.893. The first-order valence-electron chi connectivity index (χ1n) is 11.7. The van der Waals surface area contributed by atoms with Gasteiger partial charge in [0.15, 0.2) is 11.0 Å². The highest BCUT2D eigenvalue weighted by Gasteiger charge is 2.44. The highest BCUT2D eigenvalue weighted by molar-refractivity contribution is 7.99. The summed E-state index contributed by atoms with van der Waals surface area (Å²) in [7, 11) is 1.88. The number of anilines is 1. The summed E-state index contributed by atoms with van der Waals surface area (Å²) >= 11 is 1.61. The van der Waals surface area contributed by atoms with E-state index in [1.54, 1.807) is 36.2 Å². The first kappa shape index (κ1) is 23.9. The number of thioether (sulfide) groups is 1. The summed E-state index contributed by atoms with van der Waals surface area (Å²) in [5.74, 6) is 1.90. The third-order valence-electron chi connectivity index (χ3n) is 6.86. The Morgan fingerprint density at radius 1 is 1.17 bits per heavy atom. The summed E-state index contributed by atoms with van der Waals surface area (Å²) in [5.41, 5.74) is 0.299. The molecule has 2 aliphatic heterocycles. The lowest BCUT2D eigenvalue weighted by Gasteiger charge is -2.29. The SMILES string of the molecule is Cn1c(SCCCN2CC3CCN(c4ccccc4C(F)(F)F)C3C2)nnc1-c1cc[nH]c(=O)c1. The van der Waals surface area contributed by atoms with Crippen LogP contribution in [0, 0.1) is 5.92 Å². The molecule has 0 aliphatic carbocycles. The van der Waals surface area contributed by atoms with Gasteiger partial charge in [0, 0.05) is 62.0 Å². The van der Waals surface area contributed by atoms with Gasteiger partial charge in [0.1, 0.15) is 0 Å². The molecule has 11 heteroatoms. The number of benzene rings is 1. The molecule has 0 radical (unpaired) electrons. The molecule has 2 aliphatic rings. The molecular weight excluding hydrogens is 477 g/mol. The average molecular weight is 505 g/mol. The van der Waals surface area contributed by atoms with Crippen molar-refractivity contribution in [1.82, 2.24) is 24.6 Å². The van der Waals surface area contributed by atoms with Gasteiger partial charge in [-0.3, -0.25) is 4.79 Å². The van der Waals surface area contributed by atoms with Crippen LogP contribution in [0.4, 0.5) is 18.9 Å². The van der Waals surface area contributed by atoms with Gasteiger partial charge in [-0.15, -0.1) is 10.2 Å². The van der Waals surface area contributed by atoms with Crippen molar-refractivity contribution in [3.05, 3.63) is 58.5 Å². The predicted octanol–water partition coefficient (Wildman–Crippen LogP) is 3.88. The van der Waals surface area contributed by atoms with Crippen LogP contribution in [0.25, 0.3) is 11.4 Å². The van der Waals surface area contributed by atoms with Crippen LogP contribution < -0.4 is 10.5 Å². The van der Waals surface area contributed by atoms with Crippen molar-refractivity contribution in [2.75, 3.05) is 36.8 Å². The molecule has 35 heavy (non-hydrogen) atoms. The maximum Gasteiger partial charge on any atom is 0.418 e. The van der Waals surface area contributed by atoms with E-state index in [1.165, 1.54) is 18.2 Å². The number of aromatic amines is 1.